The van der Waals surface area contributed by atoms with Crippen molar-refractivity contribution >= 4 is 33.5 Å². The topological polar surface area (TPSA) is 108 Å². The Hall–Kier alpha value is -5.64. The summed E-state index contributed by atoms with van der Waals surface area (Å²) in [7, 11) is 0. The van der Waals surface area contributed by atoms with Crippen LogP contribution >= 0.6 is 0 Å². The van der Waals surface area contributed by atoms with Crippen LogP contribution in [0.5, 0.6) is 5.75 Å². The lowest BCUT2D eigenvalue weighted by Crippen LogP contribution is -2.62. The molecule has 7 rings (SSSR count). The van der Waals surface area contributed by atoms with E-state index in [-0.39, 0.29) is 31.0 Å². The fraction of sp³-hybridized carbons (Fsp3) is 0.304. The van der Waals surface area contributed by atoms with Crippen molar-refractivity contribution in [3.05, 3.63) is 151 Å². The van der Waals surface area contributed by atoms with Gasteiger partial charge in [0, 0.05) is 55.4 Å². The van der Waals surface area contributed by atoms with Crippen LogP contribution < -0.4 is 10.1 Å². The Morgan fingerprint density at radius 2 is 1.47 bits per heavy atom. The number of carbonyl (C=O) groups excluding carboxylic acids is 2. The summed E-state index contributed by atoms with van der Waals surface area (Å²) >= 11 is 0. The number of benzene rings is 4. The molecule has 2 atom stereocenters. The van der Waals surface area contributed by atoms with E-state index in [0.717, 1.165) is 60.2 Å². The van der Waals surface area contributed by atoms with Gasteiger partial charge in [-0.1, -0.05) is 91.0 Å². The lowest BCUT2D eigenvalue weighted by molar-refractivity contribution is -0.128. The van der Waals surface area contributed by atoms with Crippen LogP contribution in [0.3, 0.4) is 0 Å². The van der Waals surface area contributed by atoms with E-state index in [9.17, 15) is 14.7 Å². The molecule has 3 heterocycles. The van der Waals surface area contributed by atoms with Crippen LogP contribution in [-0.4, -0.2) is 87.7 Å². The molecule has 1 aliphatic heterocycles. The molecule has 2 N–H and O–H groups in total. The first-order valence-electron chi connectivity index (χ1n) is 19.4. The maximum absolute atomic E-state index is 14.5. The highest BCUT2D eigenvalue weighted by Crippen LogP contribution is 2.24. The van der Waals surface area contributed by atoms with Crippen molar-refractivity contribution in [1.82, 2.24) is 25.1 Å². The summed E-state index contributed by atoms with van der Waals surface area (Å²) in [4.78, 5) is 41.3. The van der Waals surface area contributed by atoms with Crippen molar-refractivity contribution in [2.24, 2.45) is 0 Å². The van der Waals surface area contributed by atoms with Gasteiger partial charge in [-0.25, -0.2) is 0 Å². The molecule has 4 aromatic carbocycles. The highest BCUT2D eigenvalue weighted by molar-refractivity contribution is 5.99. The average molecular weight is 736 g/mol. The maximum Gasteiger partial charge on any atom is 0.273 e. The maximum atomic E-state index is 14.5. The summed E-state index contributed by atoms with van der Waals surface area (Å²) in [6, 6.07) is 39.1. The quantitative estimate of drug-likeness (QED) is 0.112. The monoisotopic (exact) mass is 735 g/mol. The Kier molecular flexibility index (Phi) is 12.7. The zero-order valence-electron chi connectivity index (χ0n) is 31.2. The molecule has 1 fully saturated rings. The number of hydrogen-bond acceptors (Lipinski definition) is 7. The number of ether oxygens (including phenoxy) is 1. The number of aliphatic hydroxyl groups is 1. The number of carbonyl (C=O) groups is 2. The van der Waals surface area contributed by atoms with Gasteiger partial charge in [0.1, 0.15) is 30.2 Å². The van der Waals surface area contributed by atoms with Gasteiger partial charge in [0.05, 0.1) is 5.52 Å². The Morgan fingerprint density at radius 1 is 0.782 bits per heavy atom. The van der Waals surface area contributed by atoms with Crippen molar-refractivity contribution < 1.29 is 19.4 Å². The van der Waals surface area contributed by atoms with Crippen LogP contribution in [-0.2, 0) is 17.6 Å². The van der Waals surface area contributed by atoms with Crippen LogP contribution in [0, 0.1) is 0 Å². The van der Waals surface area contributed by atoms with Gasteiger partial charge in [0.15, 0.2) is 0 Å². The van der Waals surface area contributed by atoms with E-state index >= 15 is 0 Å². The molecule has 282 valence electrons. The normalized spacial score (nSPS) is 15.3. The third kappa shape index (κ3) is 10.1. The predicted octanol–water partition coefficient (Wildman–Crippen LogP) is 6.88. The van der Waals surface area contributed by atoms with Gasteiger partial charge >= 0.3 is 0 Å². The molecule has 1 saturated heterocycles. The largest absolute Gasteiger partial charge is 0.490 e. The second-order valence-corrected chi connectivity index (χ2v) is 14.4. The summed E-state index contributed by atoms with van der Waals surface area (Å²) in [5.74, 6) is 0.201. The highest BCUT2D eigenvalue weighted by Gasteiger charge is 2.37. The number of aryl methyl sites for hydroxylation is 2. The second kappa shape index (κ2) is 18.6. The molecule has 1 aliphatic rings. The Balaban J connectivity index is 1.06. The average Bonchev–Trinajstić information content (AvgIpc) is 3.23. The van der Waals surface area contributed by atoms with E-state index in [4.69, 9.17) is 4.74 Å². The van der Waals surface area contributed by atoms with E-state index < -0.39 is 12.1 Å². The molecule has 1 unspecified atom stereocenters. The van der Waals surface area contributed by atoms with Gasteiger partial charge in [-0.3, -0.25) is 24.5 Å². The van der Waals surface area contributed by atoms with Crippen LogP contribution in [0.2, 0.25) is 0 Å². The molecule has 0 aliphatic carbocycles. The number of β-amino-alcohol motifs (C(OH)–C–C–N with tert-alkyl or cyclic N) is 1. The smallest absolute Gasteiger partial charge is 0.273 e. The lowest BCUT2D eigenvalue weighted by atomic mass is 9.98. The molecule has 2 amide bonds. The van der Waals surface area contributed by atoms with E-state index in [1.165, 1.54) is 11.1 Å². The van der Waals surface area contributed by atoms with E-state index in [1.54, 1.807) is 23.4 Å². The minimum Gasteiger partial charge on any atom is -0.490 e. The van der Waals surface area contributed by atoms with Gasteiger partial charge in [-0.05, 0) is 85.4 Å². The van der Waals surface area contributed by atoms with Gasteiger partial charge in [0.25, 0.3) is 5.91 Å². The molecular formula is C46H49N5O4. The van der Waals surface area contributed by atoms with Gasteiger partial charge in [-0.15, -0.1) is 0 Å². The first-order valence-corrected chi connectivity index (χ1v) is 19.4. The lowest BCUT2D eigenvalue weighted by Gasteiger charge is -2.41. The van der Waals surface area contributed by atoms with Crippen molar-refractivity contribution in [3.63, 3.8) is 0 Å². The molecule has 55 heavy (non-hydrogen) atoms. The first-order chi connectivity index (χ1) is 27.0. The van der Waals surface area contributed by atoms with Crippen molar-refractivity contribution in [2.45, 2.75) is 56.7 Å². The van der Waals surface area contributed by atoms with Crippen LogP contribution in [0.25, 0.3) is 21.7 Å². The third-order valence-corrected chi connectivity index (χ3v) is 10.5. The van der Waals surface area contributed by atoms with Crippen molar-refractivity contribution in [1.29, 1.82) is 0 Å². The van der Waals surface area contributed by atoms with Crippen LogP contribution in [0.15, 0.2) is 134 Å². The molecule has 9 nitrogen and oxygen atoms in total. The molecule has 2 aromatic heterocycles. The predicted molar refractivity (Wildman–Crippen MR) is 217 cm³/mol. The summed E-state index contributed by atoms with van der Waals surface area (Å²) in [6.45, 7) is 1.47. The molecule has 0 radical (unpaired) electrons. The number of nitrogens with zero attached hydrogens (tertiary/aromatic N) is 4. The van der Waals surface area contributed by atoms with Crippen molar-refractivity contribution in [2.75, 3.05) is 32.8 Å². The number of rotatable bonds is 16. The van der Waals surface area contributed by atoms with Crippen LogP contribution in [0.4, 0.5) is 0 Å². The Morgan fingerprint density at radius 3 is 2.20 bits per heavy atom. The standard InChI is InChI=1S/C46H49N5O4/c52-39(33-55-44-25-11-24-41-40(44)23-12-26-47-41)31-50-27-28-51(46(54)42-29-36-19-7-8-20-37(36)30-48-42)43(32-50)45(53)49-38(21-9-17-34-13-3-1-4-14-34)22-10-18-35-15-5-2-6-16-35/h1-8,11-16,19-20,23-26,29-30,38-39,43,52H,9-10,17-18,21-22,27-28,31-33H2,(H,49,53)/t39-,43?/m0/s1. The minimum atomic E-state index is -0.816. The number of amides is 2. The zero-order valence-corrected chi connectivity index (χ0v) is 31.2. The van der Waals surface area contributed by atoms with Gasteiger partial charge in [-0.2, -0.15) is 0 Å². The number of aliphatic hydroxyl groups excluding tert-OH is 1. The number of hydrogen-bond donors (Lipinski definition) is 2. The van der Waals surface area contributed by atoms with E-state index in [0.29, 0.717) is 31.1 Å². The van der Waals surface area contributed by atoms with Crippen LogP contribution in [0.1, 0.15) is 47.3 Å². The Labute approximate surface area is 323 Å². The summed E-state index contributed by atoms with van der Waals surface area (Å²) < 4.78 is 6.07. The Bertz CT molecular complexity index is 2110. The number of pyridine rings is 2. The van der Waals surface area contributed by atoms with Gasteiger partial charge < -0.3 is 20.1 Å². The second-order valence-electron chi connectivity index (χ2n) is 14.4. The highest BCUT2D eigenvalue weighted by atomic mass is 16.5. The molecule has 0 bridgehead atoms. The molecule has 0 spiro atoms. The number of piperazine rings is 1. The summed E-state index contributed by atoms with van der Waals surface area (Å²) in [5.41, 5.74) is 3.69. The third-order valence-electron chi connectivity index (χ3n) is 10.5. The molecular weight excluding hydrogens is 687 g/mol. The van der Waals surface area contributed by atoms with E-state index in [1.807, 2.05) is 66.7 Å². The molecule has 9 heteroatoms. The minimum absolute atomic E-state index is 0.0553. The number of aromatic nitrogens is 2. The van der Waals surface area contributed by atoms with Gasteiger partial charge in [0.2, 0.25) is 5.91 Å². The van der Waals surface area contributed by atoms with E-state index in [2.05, 4.69) is 68.7 Å². The summed E-state index contributed by atoms with van der Waals surface area (Å²) in [6.07, 6.45) is 8.01. The summed E-state index contributed by atoms with van der Waals surface area (Å²) in [5, 5.41) is 17.3. The molecule has 0 saturated carbocycles. The van der Waals surface area contributed by atoms with Crippen molar-refractivity contribution in [3.8, 4) is 5.75 Å². The molecule has 6 aromatic rings. The SMILES string of the molecule is O=C(NC(CCCc1ccccc1)CCCc1ccccc1)C1CN(C[C@H](O)COc2cccc3ncccc23)CCN1C(=O)c1cc2ccccc2cn1. The number of nitrogens with one attached hydrogen (secondary N) is 1. The fourth-order valence-corrected chi connectivity index (χ4v) is 7.54. The fourth-order valence-electron chi connectivity index (χ4n) is 7.54. The first kappa shape index (κ1) is 37.7. The number of fused-ring (bicyclic) bond motifs is 2. The zero-order chi connectivity index (χ0) is 37.8.